The van der Waals surface area contributed by atoms with Crippen molar-refractivity contribution < 1.29 is 4.79 Å². The Morgan fingerprint density at radius 2 is 2.00 bits per heavy atom. The molecule has 1 aromatic carbocycles. The molecule has 3 heterocycles. The van der Waals surface area contributed by atoms with Crippen LogP contribution in [0, 0.1) is 13.8 Å². The van der Waals surface area contributed by atoms with Gasteiger partial charge in [0.1, 0.15) is 0 Å². The van der Waals surface area contributed by atoms with E-state index in [4.69, 9.17) is 0 Å². The number of hydrogen-bond acceptors (Lipinski definition) is 6. The van der Waals surface area contributed by atoms with E-state index >= 15 is 0 Å². The first-order valence-corrected chi connectivity index (χ1v) is 10.6. The number of carbonyl (C=O) groups excluding carboxylic acids is 1. The Morgan fingerprint density at radius 3 is 2.80 bits per heavy atom. The van der Waals surface area contributed by atoms with Crippen molar-refractivity contribution in [1.82, 2.24) is 30.3 Å². The van der Waals surface area contributed by atoms with E-state index in [1.807, 2.05) is 50.2 Å². The number of aryl methyl sites for hydroxylation is 2. The van der Waals surface area contributed by atoms with Crippen molar-refractivity contribution >= 4 is 17.2 Å². The number of pyridine rings is 1. The maximum Gasteiger partial charge on any atom is 0.273 e. The third-order valence-corrected chi connectivity index (χ3v) is 5.65. The summed E-state index contributed by atoms with van der Waals surface area (Å²) >= 11 is 1.63. The molecule has 1 amide bonds. The van der Waals surface area contributed by atoms with Crippen LogP contribution in [0.4, 0.5) is 0 Å². The lowest BCUT2D eigenvalue weighted by molar-refractivity contribution is 0.0947. The van der Waals surface area contributed by atoms with Crippen LogP contribution in [-0.4, -0.2) is 37.4 Å². The lowest BCUT2D eigenvalue weighted by Gasteiger charge is -2.05. The minimum absolute atomic E-state index is 0.206. The molecule has 0 bridgehead atoms. The summed E-state index contributed by atoms with van der Waals surface area (Å²) < 4.78 is 1.69. The summed E-state index contributed by atoms with van der Waals surface area (Å²) in [5, 5.41) is 14.3. The highest BCUT2D eigenvalue weighted by atomic mass is 32.1. The number of carbonyl (C=O) groups is 1. The van der Waals surface area contributed by atoms with E-state index in [0.717, 1.165) is 46.1 Å². The van der Waals surface area contributed by atoms with Gasteiger partial charge in [-0.1, -0.05) is 17.3 Å². The molecule has 0 spiro atoms. The Hall–Kier alpha value is -3.39. The molecule has 0 unspecified atom stereocenters. The second-order valence-electron chi connectivity index (χ2n) is 7.00. The Morgan fingerprint density at radius 1 is 1.17 bits per heavy atom. The molecule has 3 aromatic heterocycles. The molecule has 0 radical (unpaired) electrons. The molecule has 0 aliphatic carbocycles. The molecule has 1 N–H and O–H groups in total. The van der Waals surface area contributed by atoms with Crippen LogP contribution >= 0.6 is 11.3 Å². The average Bonchev–Trinajstić information content (AvgIpc) is 3.38. The van der Waals surface area contributed by atoms with Crippen LogP contribution in [0.5, 0.6) is 0 Å². The average molecular weight is 419 g/mol. The third kappa shape index (κ3) is 4.44. The maximum absolute atomic E-state index is 12.5. The van der Waals surface area contributed by atoms with Crippen LogP contribution < -0.4 is 5.32 Å². The van der Waals surface area contributed by atoms with Gasteiger partial charge in [-0.2, -0.15) is 0 Å². The van der Waals surface area contributed by atoms with Gasteiger partial charge in [0.25, 0.3) is 5.91 Å². The Kier molecular flexibility index (Phi) is 5.94. The first-order chi connectivity index (χ1) is 14.6. The number of amides is 1. The Balaban J connectivity index is 1.31. The third-order valence-electron chi connectivity index (χ3n) is 4.74. The topological polar surface area (TPSA) is 85.6 Å². The van der Waals surface area contributed by atoms with Crippen molar-refractivity contribution in [3.63, 3.8) is 0 Å². The van der Waals surface area contributed by atoms with E-state index in [0.29, 0.717) is 12.2 Å². The molecule has 0 saturated heterocycles. The van der Waals surface area contributed by atoms with E-state index in [2.05, 4.69) is 31.0 Å². The van der Waals surface area contributed by atoms with E-state index in [-0.39, 0.29) is 5.91 Å². The first kappa shape index (κ1) is 19.9. The van der Waals surface area contributed by atoms with Crippen molar-refractivity contribution in [2.24, 2.45) is 0 Å². The molecule has 0 aliphatic rings. The number of benzene rings is 1. The summed E-state index contributed by atoms with van der Waals surface area (Å²) in [6.45, 7) is 4.43. The molecule has 152 valence electrons. The molecule has 0 saturated carbocycles. The van der Waals surface area contributed by atoms with Gasteiger partial charge >= 0.3 is 0 Å². The van der Waals surface area contributed by atoms with Gasteiger partial charge in [0, 0.05) is 36.3 Å². The summed E-state index contributed by atoms with van der Waals surface area (Å²) in [7, 11) is 0. The molecule has 0 atom stereocenters. The molecule has 0 fully saturated rings. The number of rotatable bonds is 7. The molecular weight excluding hydrogens is 396 g/mol. The summed E-state index contributed by atoms with van der Waals surface area (Å²) in [5.74, 6) is -0.206. The minimum Gasteiger partial charge on any atom is -0.351 e. The van der Waals surface area contributed by atoms with Crippen molar-refractivity contribution in [2.45, 2.75) is 26.7 Å². The molecule has 30 heavy (non-hydrogen) atoms. The quantitative estimate of drug-likeness (QED) is 0.462. The molecular formula is C22H22N6OS. The molecule has 0 aliphatic heterocycles. The van der Waals surface area contributed by atoms with Gasteiger partial charge in [-0.3, -0.25) is 9.78 Å². The van der Waals surface area contributed by atoms with Crippen LogP contribution in [0.25, 0.3) is 16.9 Å². The van der Waals surface area contributed by atoms with Gasteiger partial charge in [-0.15, -0.1) is 16.4 Å². The van der Waals surface area contributed by atoms with Gasteiger partial charge < -0.3 is 5.32 Å². The fourth-order valence-electron chi connectivity index (χ4n) is 3.15. The van der Waals surface area contributed by atoms with Gasteiger partial charge in [0.05, 0.1) is 22.1 Å². The Labute approximate surface area is 178 Å². The highest BCUT2D eigenvalue weighted by Crippen LogP contribution is 2.21. The van der Waals surface area contributed by atoms with Crippen LogP contribution in [-0.2, 0) is 6.42 Å². The smallest absolute Gasteiger partial charge is 0.273 e. The standard InChI is InChI=1S/C22H22N6OS/c1-15-5-3-6-18(13-15)28-16(2)21(26-27-28)22(29)24-10-4-7-20-25-19(14-30-20)17-8-11-23-12-9-17/h3,5-6,8-9,11-14H,4,7,10H2,1-2H3,(H,24,29). The van der Waals surface area contributed by atoms with Crippen LogP contribution in [0.3, 0.4) is 0 Å². The number of nitrogens with one attached hydrogen (secondary N) is 1. The van der Waals surface area contributed by atoms with E-state index in [9.17, 15) is 4.79 Å². The molecule has 8 heteroatoms. The maximum atomic E-state index is 12.5. The second kappa shape index (κ2) is 8.96. The SMILES string of the molecule is Cc1cccc(-n2nnc(C(=O)NCCCc3nc(-c4ccncc4)cs3)c2C)c1. The van der Waals surface area contributed by atoms with Crippen LogP contribution in [0.15, 0.2) is 54.2 Å². The largest absolute Gasteiger partial charge is 0.351 e. The Bertz CT molecular complexity index is 1150. The summed E-state index contributed by atoms with van der Waals surface area (Å²) in [5.41, 5.74) is 5.12. The second-order valence-corrected chi connectivity index (χ2v) is 7.94. The van der Waals surface area contributed by atoms with Crippen molar-refractivity contribution in [3.05, 3.63) is 76.1 Å². The molecule has 4 aromatic rings. The predicted octanol–water partition coefficient (Wildman–Crippen LogP) is 3.77. The van der Waals surface area contributed by atoms with E-state index in [1.54, 1.807) is 28.4 Å². The fourth-order valence-corrected chi connectivity index (χ4v) is 4.00. The predicted molar refractivity (Wildman–Crippen MR) is 117 cm³/mol. The lowest BCUT2D eigenvalue weighted by Crippen LogP contribution is -2.26. The van der Waals surface area contributed by atoms with Gasteiger partial charge in [0.15, 0.2) is 5.69 Å². The number of nitrogens with zero attached hydrogens (tertiary/aromatic N) is 5. The van der Waals surface area contributed by atoms with Gasteiger partial charge in [-0.05, 0) is 50.1 Å². The summed E-state index contributed by atoms with van der Waals surface area (Å²) in [6.07, 6.45) is 5.15. The van der Waals surface area contributed by atoms with E-state index in [1.165, 1.54) is 0 Å². The van der Waals surface area contributed by atoms with Crippen molar-refractivity contribution in [2.75, 3.05) is 6.54 Å². The highest BCUT2D eigenvalue weighted by Gasteiger charge is 2.17. The summed E-state index contributed by atoms with van der Waals surface area (Å²) in [6, 6.07) is 11.8. The normalized spacial score (nSPS) is 10.9. The van der Waals surface area contributed by atoms with Gasteiger partial charge in [0.2, 0.25) is 0 Å². The van der Waals surface area contributed by atoms with Crippen molar-refractivity contribution in [3.8, 4) is 16.9 Å². The lowest BCUT2D eigenvalue weighted by atomic mass is 10.2. The van der Waals surface area contributed by atoms with Crippen molar-refractivity contribution in [1.29, 1.82) is 0 Å². The zero-order valence-corrected chi connectivity index (χ0v) is 17.7. The number of hydrogen-bond donors (Lipinski definition) is 1. The van der Waals surface area contributed by atoms with Crippen LogP contribution in [0.2, 0.25) is 0 Å². The molecule has 7 nitrogen and oxygen atoms in total. The zero-order chi connectivity index (χ0) is 20.9. The highest BCUT2D eigenvalue weighted by molar-refractivity contribution is 7.09. The molecule has 4 rings (SSSR count). The van der Waals surface area contributed by atoms with E-state index < -0.39 is 0 Å². The fraction of sp³-hybridized carbons (Fsp3) is 0.227. The number of aromatic nitrogens is 5. The monoisotopic (exact) mass is 418 g/mol. The van der Waals surface area contributed by atoms with Crippen LogP contribution in [0.1, 0.15) is 33.2 Å². The number of thiazole rings is 1. The first-order valence-electron chi connectivity index (χ1n) is 9.74. The minimum atomic E-state index is -0.206. The summed E-state index contributed by atoms with van der Waals surface area (Å²) in [4.78, 5) is 21.2. The van der Waals surface area contributed by atoms with Gasteiger partial charge in [-0.25, -0.2) is 9.67 Å². The zero-order valence-electron chi connectivity index (χ0n) is 16.9.